The molecule has 1 aromatic carbocycles. The van der Waals surface area contributed by atoms with Gasteiger partial charge in [0.2, 0.25) is 0 Å². The van der Waals surface area contributed by atoms with Gasteiger partial charge in [0.05, 0.1) is 6.04 Å². The van der Waals surface area contributed by atoms with Gasteiger partial charge in [0.25, 0.3) is 0 Å². The smallest absolute Gasteiger partial charge is 0.129 e. The van der Waals surface area contributed by atoms with E-state index in [9.17, 15) is 4.39 Å². The number of likely N-dealkylation sites (N-methyl/N-ethyl adjacent to an activating group) is 1. The first-order valence-electron chi connectivity index (χ1n) is 7.20. The van der Waals surface area contributed by atoms with Crippen molar-refractivity contribution in [2.45, 2.75) is 25.9 Å². The Kier molecular flexibility index (Phi) is 5.38. The minimum absolute atomic E-state index is 0.148. The second-order valence-corrected chi connectivity index (χ2v) is 5.77. The molecule has 0 saturated carbocycles. The Morgan fingerprint density at radius 1 is 1.45 bits per heavy atom. The summed E-state index contributed by atoms with van der Waals surface area (Å²) in [6, 6.07) is 5.12. The molecule has 1 saturated heterocycles. The fourth-order valence-electron chi connectivity index (χ4n) is 3.05. The molecule has 1 fully saturated rings. The fraction of sp³-hybridized carbons (Fsp3) is 0.600. The summed E-state index contributed by atoms with van der Waals surface area (Å²) in [7, 11) is 0. The minimum atomic E-state index is -0.265. The molecule has 1 aliphatic rings. The Morgan fingerprint density at radius 3 is 2.75 bits per heavy atom. The molecule has 0 aromatic heterocycles. The van der Waals surface area contributed by atoms with Crippen LogP contribution in [0, 0.1) is 5.82 Å². The lowest BCUT2D eigenvalue weighted by Crippen LogP contribution is -2.53. The molecule has 0 bridgehead atoms. The lowest BCUT2D eigenvalue weighted by molar-refractivity contribution is 0.0596. The van der Waals surface area contributed by atoms with Crippen LogP contribution in [-0.4, -0.2) is 48.6 Å². The van der Waals surface area contributed by atoms with Crippen LogP contribution in [0.2, 0.25) is 5.02 Å². The van der Waals surface area contributed by atoms with E-state index in [1.54, 1.807) is 12.1 Å². The molecular weight excluding hydrogens is 277 g/mol. The maximum atomic E-state index is 14.1. The van der Waals surface area contributed by atoms with Crippen molar-refractivity contribution in [1.29, 1.82) is 0 Å². The van der Waals surface area contributed by atoms with Gasteiger partial charge in [-0.3, -0.25) is 9.80 Å². The van der Waals surface area contributed by atoms with Gasteiger partial charge in [-0.2, -0.15) is 0 Å². The topological polar surface area (TPSA) is 32.5 Å². The van der Waals surface area contributed by atoms with E-state index in [0.717, 1.165) is 26.2 Å². The normalized spacial score (nSPS) is 22.9. The molecule has 0 aliphatic carbocycles. The number of rotatable bonds is 4. The van der Waals surface area contributed by atoms with Crippen molar-refractivity contribution in [3.63, 3.8) is 0 Å². The Morgan fingerprint density at radius 2 is 2.20 bits per heavy atom. The third kappa shape index (κ3) is 3.14. The van der Waals surface area contributed by atoms with Crippen molar-refractivity contribution >= 4 is 11.6 Å². The van der Waals surface area contributed by atoms with Gasteiger partial charge in [0.15, 0.2) is 0 Å². The molecule has 2 N–H and O–H groups in total. The van der Waals surface area contributed by atoms with E-state index in [4.69, 9.17) is 17.3 Å². The van der Waals surface area contributed by atoms with E-state index in [1.165, 1.54) is 6.07 Å². The van der Waals surface area contributed by atoms with E-state index >= 15 is 0 Å². The highest BCUT2D eigenvalue weighted by Gasteiger charge is 2.30. The number of nitrogens with zero attached hydrogens (tertiary/aromatic N) is 2. The maximum Gasteiger partial charge on any atom is 0.129 e. The first-order valence-corrected chi connectivity index (χ1v) is 7.58. The molecule has 0 radical (unpaired) electrons. The van der Waals surface area contributed by atoms with Gasteiger partial charge >= 0.3 is 0 Å². The zero-order valence-corrected chi connectivity index (χ0v) is 12.9. The van der Waals surface area contributed by atoms with E-state index in [-0.39, 0.29) is 11.9 Å². The number of benzene rings is 1. The third-order valence-corrected chi connectivity index (χ3v) is 4.53. The number of hydrogen-bond donors (Lipinski definition) is 1. The average Bonchev–Trinajstić information content (AvgIpc) is 2.43. The summed E-state index contributed by atoms with van der Waals surface area (Å²) in [5, 5.41) is 0.464. The van der Waals surface area contributed by atoms with Crippen molar-refractivity contribution in [3.05, 3.63) is 34.6 Å². The van der Waals surface area contributed by atoms with Gasteiger partial charge < -0.3 is 5.73 Å². The zero-order chi connectivity index (χ0) is 14.7. The zero-order valence-electron chi connectivity index (χ0n) is 12.1. The summed E-state index contributed by atoms with van der Waals surface area (Å²) >= 11 is 6.18. The van der Waals surface area contributed by atoms with Crippen molar-refractivity contribution in [2.75, 3.05) is 32.7 Å². The largest absolute Gasteiger partial charge is 0.329 e. The van der Waals surface area contributed by atoms with Crippen molar-refractivity contribution in [1.82, 2.24) is 9.80 Å². The summed E-state index contributed by atoms with van der Waals surface area (Å²) < 4.78 is 14.1. The molecule has 0 amide bonds. The molecule has 1 aliphatic heterocycles. The highest BCUT2D eigenvalue weighted by Crippen LogP contribution is 2.30. The Hall–Kier alpha value is -0.680. The predicted octanol–water partition coefficient (Wildman–Crippen LogP) is 2.50. The van der Waals surface area contributed by atoms with Gasteiger partial charge in [0, 0.05) is 42.8 Å². The summed E-state index contributed by atoms with van der Waals surface area (Å²) in [4.78, 5) is 4.67. The van der Waals surface area contributed by atoms with Gasteiger partial charge in [-0.05, 0) is 25.6 Å². The molecule has 1 aromatic rings. The van der Waals surface area contributed by atoms with Gasteiger partial charge in [-0.15, -0.1) is 0 Å². The molecule has 112 valence electrons. The van der Waals surface area contributed by atoms with Gasteiger partial charge in [-0.1, -0.05) is 24.6 Å². The van der Waals surface area contributed by atoms with E-state index < -0.39 is 0 Å². The van der Waals surface area contributed by atoms with Crippen LogP contribution in [-0.2, 0) is 0 Å². The van der Waals surface area contributed by atoms with Crippen LogP contribution in [0.3, 0.4) is 0 Å². The second-order valence-electron chi connectivity index (χ2n) is 5.36. The lowest BCUT2D eigenvalue weighted by atomic mass is 10.0. The van der Waals surface area contributed by atoms with E-state index in [1.807, 2.05) is 0 Å². The Bertz CT molecular complexity index is 434. The van der Waals surface area contributed by atoms with E-state index in [2.05, 4.69) is 23.6 Å². The summed E-state index contributed by atoms with van der Waals surface area (Å²) in [5.41, 5.74) is 6.44. The highest BCUT2D eigenvalue weighted by molar-refractivity contribution is 6.31. The monoisotopic (exact) mass is 299 g/mol. The molecule has 1 heterocycles. The third-order valence-electron chi connectivity index (χ3n) is 4.20. The van der Waals surface area contributed by atoms with E-state index in [0.29, 0.717) is 23.2 Å². The Balaban J connectivity index is 2.21. The van der Waals surface area contributed by atoms with Crippen molar-refractivity contribution < 1.29 is 4.39 Å². The molecule has 2 unspecified atom stereocenters. The average molecular weight is 300 g/mol. The molecule has 0 spiro atoms. The predicted molar refractivity (Wildman–Crippen MR) is 81.5 cm³/mol. The Labute approximate surface area is 125 Å². The van der Waals surface area contributed by atoms with Gasteiger partial charge in [0.1, 0.15) is 5.82 Å². The van der Waals surface area contributed by atoms with Crippen LogP contribution in [0.5, 0.6) is 0 Å². The quantitative estimate of drug-likeness (QED) is 0.927. The van der Waals surface area contributed by atoms with Crippen LogP contribution in [0.1, 0.15) is 25.5 Å². The minimum Gasteiger partial charge on any atom is -0.329 e. The van der Waals surface area contributed by atoms with Crippen LogP contribution in [0.25, 0.3) is 0 Å². The van der Waals surface area contributed by atoms with Crippen molar-refractivity contribution in [2.24, 2.45) is 5.73 Å². The molecule has 2 atom stereocenters. The molecular formula is C15H23ClFN3. The fourth-order valence-corrected chi connectivity index (χ4v) is 3.34. The standard InChI is InChI=1S/C15H23ClFN3/c1-3-19-7-8-20(10-11(19)2)14(9-18)15-12(16)5-4-6-13(15)17/h4-6,11,14H,3,7-10,18H2,1-2H3. The van der Waals surface area contributed by atoms with Crippen LogP contribution in [0.15, 0.2) is 18.2 Å². The highest BCUT2D eigenvalue weighted by atomic mass is 35.5. The van der Waals surface area contributed by atoms with Crippen LogP contribution < -0.4 is 5.73 Å². The SMILES string of the molecule is CCN1CCN(C(CN)c2c(F)cccc2Cl)CC1C. The van der Waals surface area contributed by atoms with Crippen LogP contribution in [0.4, 0.5) is 4.39 Å². The molecule has 2 rings (SSSR count). The first kappa shape index (κ1) is 15.7. The second kappa shape index (κ2) is 6.85. The van der Waals surface area contributed by atoms with Crippen molar-refractivity contribution in [3.8, 4) is 0 Å². The summed E-state index contributed by atoms with van der Waals surface area (Å²) in [6.07, 6.45) is 0. The number of nitrogens with two attached hydrogens (primary N) is 1. The molecule has 5 heteroatoms. The summed E-state index contributed by atoms with van der Waals surface area (Å²) in [6.45, 7) is 8.56. The number of piperazine rings is 1. The maximum absolute atomic E-state index is 14.1. The summed E-state index contributed by atoms with van der Waals surface area (Å²) in [5.74, 6) is -0.265. The number of halogens is 2. The molecule has 20 heavy (non-hydrogen) atoms. The lowest BCUT2D eigenvalue weighted by Gasteiger charge is -2.43. The molecule has 3 nitrogen and oxygen atoms in total. The number of hydrogen-bond acceptors (Lipinski definition) is 3. The van der Waals surface area contributed by atoms with Crippen LogP contribution >= 0.6 is 11.6 Å². The first-order chi connectivity index (χ1) is 9.58. The van der Waals surface area contributed by atoms with Gasteiger partial charge in [-0.25, -0.2) is 4.39 Å².